The first-order valence-electron chi connectivity index (χ1n) is 5.19. The summed E-state index contributed by atoms with van der Waals surface area (Å²) in [5, 5.41) is 13.6. The van der Waals surface area contributed by atoms with Gasteiger partial charge < -0.3 is 10.1 Å². The molecule has 94 valence electrons. The minimum atomic E-state index is -0.606. The molecule has 1 atom stereocenters. The van der Waals surface area contributed by atoms with Crippen LogP contribution in [0.15, 0.2) is 18.2 Å². The van der Waals surface area contributed by atoms with Gasteiger partial charge in [-0.25, -0.2) is 4.39 Å². The van der Waals surface area contributed by atoms with Crippen molar-refractivity contribution < 1.29 is 14.1 Å². The van der Waals surface area contributed by atoms with Crippen molar-refractivity contribution >= 4 is 5.69 Å². The normalized spacial score (nSPS) is 12.4. The fourth-order valence-corrected chi connectivity index (χ4v) is 1.44. The summed E-state index contributed by atoms with van der Waals surface area (Å²) in [4.78, 5) is 9.94. The number of nitrogens with zero attached hydrogens (tertiary/aromatic N) is 1. The van der Waals surface area contributed by atoms with Crippen LogP contribution in [0.2, 0.25) is 0 Å². The van der Waals surface area contributed by atoms with E-state index in [1.807, 2.05) is 6.92 Å². The minimum Gasteiger partial charge on any atom is -0.383 e. The first-order valence-corrected chi connectivity index (χ1v) is 5.19. The Morgan fingerprint density at radius 1 is 1.53 bits per heavy atom. The van der Waals surface area contributed by atoms with Gasteiger partial charge in [-0.05, 0) is 18.6 Å². The lowest BCUT2D eigenvalue weighted by Gasteiger charge is -2.12. The van der Waals surface area contributed by atoms with E-state index in [9.17, 15) is 14.5 Å². The SMILES string of the molecule is COCC(C)NCc1cc(F)cc([N+](=O)[O-])c1. The molecule has 1 aromatic carbocycles. The van der Waals surface area contributed by atoms with Crippen molar-refractivity contribution in [2.45, 2.75) is 19.5 Å². The maximum atomic E-state index is 13.1. The van der Waals surface area contributed by atoms with Gasteiger partial charge in [-0.3, -0.25) is 10.1 Å². The van der Waals surface area contributed by atoms with Crippen LogP contribution in [-0.4, -0.2) is 24.7 Å². The summed E-state index contributed by atoms with van der Waals surface area (Å²) in [7, 11) is 1.59. The van der Waals surface area contributed by atoms with Crippen LogP contribution in [0.4, 0.5) is 10.1 Å². The van der Waals surface area contributed by atoms with Crippen molar-refractivity contribution in [2.75, 3.05) is 13.7 Å². The molecule has 1 rings (SSSR count). The van der Waals surface area contributed by atoms with E-state index < -0.39 is 10.7 Å². The van der Waals surface area contributed by atoms with E-state index in [2.05, 4.69) is 5.32 Å². The van der Waals surface area contributed by atoms with E-state index in [-0.39, 0.29) is 11.7 Å². The molecule has 1 N–H and O–H groups in total. The average Bonchev–Trinajstić information content (AvgIpc) is 2.26. The predicted octanol–water partition coefficient (Wildman–Crippen LogP) is 1.86. The molecule has 1 aromatic rings. The highest BCUT2D eigenvalue weighted by atomic mass is 19.1. The molecule has 0 aliphatic carbocycles. The molecule has 1 unspecified atom stereocenters. The Hall–Kier alpha value is -1.53. The first-order chi connectivity index (χ1) is 8.02. The van der Waals surface area contributed by atoms with Gasteiger partial charge >= 0.3 is 0 Å². The highest BCUT2D eigenvalue weighted by molar-refractivity contribution is 5.35. The van der Waals surface area contributed by atoms with Gasteiger partial charge in [-0.1, -0.05) is 0 Å². The predicted molar refractivity (Wildman–Crippen MR) is 61.2 cm³/mol. The Morgan fingerprint density at radius 3 is 2.82 bits per heavy atom. The molecule has 0 radical (unpaired) electrons. The van der Waals surface area contributed by atoms with Gasteiger partial charge in [0.2, 0.25) is 0 Å². The summed E-state index contributed by atoms with van der Waals surface area (Å²) in [6.07, 6.45) is 0. The van der Waals surface area contributed by atoms with E-state index in [0.717, 1.165) is 6.07 Å². The number of non-ortho nitro benzene ring substituents is 1. The molecule has 17 heavy (non-hydrogen) atoms. The molecule has 0 aliphatic rings. The van der Waals surface area contributed by atoms with Gasteiger partial charge in [0.25, 0.3) is 5.69 Å². The molecule has 6 heteroatoms. The van der Waals surface area contributed by atoms with Crippen LogP contribution in [0.5, 0.6) is 0 Å². The van der Waals surface area contributed by atoms with E-state index in [0.29, 0.717) is 18.7 Å². The summed E-state index contributed by atoms with van der Waals surface area (Å²) in [5.74, 6) is -0.601. The third-order valence-electron chi connectivity index (χ3n) is 2.22. The Morgan fingerprint density at radius 2 is 2.24 bits per heavy atom. The fraction of sp³-hybridized carbons (Fsp3) is 0.455. The Bertz CT molecular complexity index is 398. The average molecular weight is 242 g/mol. The highest BCUT2D eigenvalue weighted by Gasteiger charge is 2.10. The molecule has 0 saturated carbocycles. The molecule has 0 heterocycles. The lowest BCUT2D eigenvalue weighted by atomic mass is 10.2. The second-order valence-corrected chi connectivity index (χ2v) is 3.81. The number of benzene rings is 1. The fourth-order valence-electron chi connectivity index (χ4n) is 1.44. The molecule has 0 aliphatic heterocycles. The standard InChI is InChI=1S/C11H15FN2O3/c1-8(7-17-2)13-6-9-3-10(12)5-11(4-9)14(15)16/h3-5,8,13H,6-7H2,1-2H3. The highest BCUT2D eigenvalue weighted by Crippen LogP contribution is 2.16. The van der Waals surface area contributed by atoms with Crippen LogP contribution in [0.3, 0.4) is 0 Å². The van der Waals surface area contributed by atoms with Gasteiger partial charge in [0, 0.05) is 25.8 Å². The molecular formula is C11H15FN2O3. The van der Waals surface area contributed by atoms with E-state index in [1.54, 1.807) is 7.11 Å². The van der Waals surface area contributed by atoms with Gasteiger partial charge in [-0.15, -0.1) is 0 Å². The molecule has 5 nitrogen and oxygen atoms in total. The molecule has 0 fully saturated rings. The number of rotatable bonds is 6. The number of hydrogen-bond acceptors (Lipinski definition) is 4. The van der Waals surface area contributed by atoms with E-state index >= 15 is 0 Å². The zero-order valence-corrected chi connectivity index (χ0v) is 9.77. The Balaban J connectivity index is 2.68. The molecule has 0 bridgehead atoms. The van der Waals surface area contributed by atoms with Crippen LogP contribution in [0.1, 0.15) is 12.5 Å². The van der Waals surface area contributed by atoms with E-state index in [1.165, 1.54) is 12.1 Å². The zero-order chi connectivity index (χ0) is 12.8. The summed E-state index contributed by atoms with van der Waals surface area (Å²) in [6.45, 7) is 2.80. The lowest BCUT2D eigenvalue weighted by molar-refractivity contribution is -0.385. The number of nitro benzene ring substituents is 1. The molecule has 0 saturated heterocycles. The second-order valence-electron chi connectivity index (χ2n) is 3.81. The summed E-state index contributed by atoms with van der Waals surface area (Å²) < 4.78 is 18.0. The van der Waals surface area contributed by atoms with Crippen LogP contribution >= 0.6 is 0 Å². The number of halogens is 1. The number of nitrogens with one attached hydrogen (secondary N) is 1. The maximum absolute atomic E-state index is 13.1. The molecular weight excluding hydrogens is 227 g/mol. The van der Waals surface area contributed by atoms with E-state index in [4.69, 9.17) is 4.74 Å². The molecule has 0 spiro atoms. The summed E-state index contributed by atoms with van der Waals surface area (Å²) in [6, 6.07) is 3.64. The minimum absolute atomic E-state index is 0.0994. The van der Waals surface area contributed by atoms with Crippen molar-refractivity contribution in [3.63, 3.8) is 0 Å². The van der Waals surface area contributed by atoms with Crippen LogP contribution in [0, 0.1) is 15.9 Å². The van der Waals surface area contributed by atoms with Gasteiger partial charge in [0.05, 0.1) is 17.6 Å². The van der Waals surface area contributed by atoms with Crippen LogP contribution < -0.4 is 5.32 Å². The zero-order valence-electron chi connectivity index (χ0n) is 9.77. The number of nitro groups is 1. The van der Waals surface area contributed by atoms with Crippen molar-refractivity contribution in [3.05, 3.63) is 39.7 Å². The lowest BCUT2D eigenvalue weighted by Crippen LogP contribution is -2.29. The number of methoxy groups -OCH3 is 1. The largest absolute Gasteiger partial charge is 0.383 e. The van der Waals surface area contributed by atoms with Crippen LogP contribution in [0.25, 0.3) is 0 Å². The third kappa shape index (κ3) is 4.46. The number of hydrogen-bond donors (Lipinski definition) is 1. The second kappa shape index (κ2) is 6.27. The van der Waals surface area contributed by atoms with Crippen molar-refractivity contribution in [1.29, 1.82) is 0 Å². The Kier molecular flexibility index (Phi) is 4.99. The molecule has 0 amide bonds. The quantitative estimate of drug-likeness (QED) is 0.611. The first kappa shape index (κ1) is 13.5. The van der Waals surface area contributed by atoms with Crippen LogP contribution in [-0.2, 0) is 11.3 Å². The summed E-state index contributed by atoms with van der Waals surface area (Å²) in [5.41, 5.74) is 0.306. The van der Waals surface area contributed by atoms with Gasteiger partial charge in [-0.2, -0.15) is 0 Å². The summed E-state index contributed by atoms with van der Waals surface area (Å²) >= 11 is 0. The monoisotopic (exact) mass is 242 g/mol. The topological polar surface area (TPSA) is 64.4 Å². The van der Waals surface area contributed by atoms with Gasteiger partial charge in [0.1, 0.15) is 5.82 Å². The maximum Gasteiger partial charge on any atom is 0.272 e. The van der Waals surface area contributed by atoms with Gasteiger partial charge in [0.15, 0.2) is 0 Å². The third-order valence-corrected chi connectivity index (χ3v) is 2.22. The van der Waals surface area contributed by atoms with Crippen molar-refractivity contribution in [3.8, 4) is 0 Å². The van der Waals surface area contributed by atoms with Crippen molar-refractivity contribution in [2.24, 2.45) is 0 Å². The Labute approximate surface area is 98.7 Å². The smallest absolute Gasteiger partial charge is 0.272 e. The number of ether oxygens (including phenoxy) is 1. The van der Waals surface area contributed by atoms with Crippen molar-refractivity contribution in [1.82, 2.24) is 5.32 Å². The molecule has 0 aromatic heterocycles.